The van der Waals surface area contributed by atoms with Gasteiger partial charge in [0.1, 0.15) is 11.6 Å². The highest BCUT2D eigenvalue weighted by atomic mass is 19.1. The number of Topliss-reactive ketones (excluding diaryl/α,β-unsaturated/α-hetero) is 1. The van der Waals surface area contributed by atoms with Crippen molar-refractivity contribution in [1.29, 1.82) is 0 Å². The van der Waals surface area contributed by atoms with Gasteiger partial charge in [0.15, 0.2) is 0 Å². The molecular formula is C27H21FN6O3. The van der Waals surface area contributed by atoms with Crippen LogP contribution in [0.5, 0.6) is 0 Å². The molecule has 37 heavy (non-hydrogen) atoms. The fraction of sp³-hybridized carbons (Fsp3) is 0.148. The number of nitrogens with one attached hydrogen (secondary N) is 2. The van der Waals surface area contributed by atoms with E-state index in [-0.39, 0.29) is 29.9 Å². The van der Waals surface area contributed by atoms with Crippen molar-refractivity contribution in [3.63, 3.8) is 0 Å². The van der Waals surface area contributed by atoms with Gasteiger partial charge < -0.3 is 19.8 Å². The number of benzene rings is 2. The third-order valence-electron chi connectivity index (χ3n) is 6.64. The molecule has 6 rings (SSSR count). The lowest BCUT2D eigenvalue weighted by Gasteiger charge is -2.34. The number of carbonyl (C=O) groups is 3. The van der Waals surface area contributed by atoms with E-state index < -0.39 is 17.5 Å². The largest absolute Gasteiger partial charge is 0.360 e. The van der Waals surface area contributed by atoms with Crippen LogP contribution in [0.3, 0.4) is 0 Å². The number of halogens is 1. The molecular weight excluding hydrogens is 475 g/mol. The quantitative estimate of drug-likeness (QED) is 0.292. The summed E-state index contributed by atoms with van der Waals surface area (Å²) in [7, 11) is 0. The van der Waals surface area contributed by atoms with Crippen LogP contribution in [0.2, 0.25) is 0 Å². The molecule has 0 atom stereocenters. The molecule has 2 amide bonds. The Hall–Kier alpha value is -4.86. The molecule has 4 heterocycles. The summed E-state index contributed by atoms with van der Waals surface area (Å²) >= 11 is 0. The van der Waals surface area contributed by atoms with Crippen LogP contribution in [0, 0.1) is 5.82 Å². The van der Waals surface area contributed by atoms with E-state index in [0.29, 0.717) is 41.1 Å². The van der Waals surface area contributed by atoms with Crippen LogP contribution >= 0.6 is 0 Å². The number of aromatic nitrogens is 4. The Morgan fingerprint density at radius 1 is 0.919 bits per heavy atom. The van der Waals surface area contributed by atoms with E-state index in [9.17, 15) is 18.8 Å². The zero-order chi connectivity index (χ0) is 25.5. The van der Waals surface area contributed by atoms with Crippen LogP contribution in [-0.4, -0.2) is 73.5 Å². The predicted octanol–water partition coefficient (Wildman–Crippen LogP) is 3.41. The molecule has 0 spiro atoms. The molecule has 184 valence electrons. The predicted molar refractivity (Wildman–Crippen MR) is 134 cm³/mol. The van der Waals surface area contributed by atoms with Gasteiger partial charge in [0.2, 0.25) is 0 Å². The summed E-state index contributed by atoms with van der Waals surface area (Å²) in [5, 5.41) is 0.0346. The molecule has 0 aliphatic carbocycles. The number of ketones is 1. The van der Waals surface area contributed by atoms with Gasteiger partial charge in [-0.1, -0.05) is 18.2 Å². The summed E-state index contributed by atoms with van der Waals surface area (Å²) in [4.78, 5) is 56.8. The number of rotatable bonds is 4. The second kappa shape index (κ2) is 8.98. The molecule has 9 nitrogen and oxygen atoms in total. The fourth-order valence-electron chi connectivity index (χ4n) is 4.70. The zero-order valence-electron chi connectivity index (χ0n) is 19.6. The topological polar surface area (TPSA) is 115 Å². The highest BCUT2D eigenvalue weighted by molar-refractivity contribution is 6.45. The van der Waals surface area contributed by atoms with E-state index in [1.54, 1.807) is 53.7 Å². The van der Waals surface area contributed by atoms with Crippen molar-refractivity contribution in [1.82, 2.24) is 29.7 Å². The average Bonchev–Trinajstić information content (AvgIpc) is 3.58. The third-order valence-corrected chi connectivity index (χ3v) is 6.64. The Kier molecular flexibility index (Phi) is 5.48. The van der Waals surface area contributed by atoms with Crippen LogP contribution in [0.1, 0.15) is 20.7 Å². The number of hydrogen-bond donors (Lipinski definition) is 2. The van der Waals surface area contributed by atoms with E-state index in [0.717, 1.165) is 5.52 Å². The first kappa shape index (κ1) is 22.6. The first-order valence-corrected chi connectivity index (χ1v) is 11.8. The summed E-state index contributed by atoms with van der Waals surface area (Å²) in [6, 6.07) is 13.5. The number of H-pyrrole nitrogens is 2. The summed E-state index contributed by atoms with van der Waals surface area (Å²) in [6.07, 6.45) is 4.63. The van der Waals surface area contributed by atoms with E-state index in [2.05, 4.69) is 19.9 Å². The van der Waals surface area contributed by atoms with Crippen molar-refractivity contribution in [2.45, 2.75) is 0 Å². The first-order chi connectivity index (χ1) is 18.0. The highest BCUT2D eigenvalue weighted by Crippen LogP contribution is 2.32. The van der Waals surface area contributed by atoms with Gasteiger partial charge in [-0.2, -0.15) is 0 Å². The lowest BCUT2D eigenvalue weighted by molar-refractivity contribution is -0.127. The summed E-state index contributed by atoms with van der Waals surface area (Å²) in [5.41, 5.74) is 2.88. The standard InChI is InChI=1S/C27H21FN6O3/c28-19-7-6-17(25-31-20-8-9-29-15-21(20)32-25)23-22(19)18(14-30-23)24(35)27(37)34-12-10-33(11-13-34)26(36)16-4-2-1-3-5-16/h1-9,14-15,30H,10-13H2,(H,31,32). The second-order valence-electron chi connectivity index (χ2n) is 8.81. The van der Waals surface area contributed by atoms with Crippen molar-refractivity contribution < 1.29 is 18.8 Å². The van der Waals surface area contributed by atoms with Crippen LogP contribution in [0.15, 0.2) is 67.1 Å². The fourth-order valence-corrected chi connectivity index (χ4v) is 4.70. The van der Waals surface area contributed by atoms with E-state index in [4.69, 9.17) is 0 Å². The Bertz CT molecular complexity index is 1630. The van der Waals surface area contributed by atoms with Crippen LogP contribution < -0.4 is 0 Å². The van der Waals surface area contributed by atoms with Gasteiger partial charge in [-0.3, -0.25) is 19.4 Å². The zero-order valence-corrected chi connectivity index (χ0v) is 19.6. The van der Waals surface area contributed by atoms with Crippen molar-refractivity contribution in [3.8, 4) is 11.4 Å². The Balaban J connectivity index is 1.24. The number of fused-ring (bicyclic) bond motifs is 2. The molecule has 1 aliphatic rings. The Morgan fingerprint density at radius 3 is 2.43 bits per heavy atom. The minimum Gasteiger partial charge on any atom is -0.360 e. The van der Waals surface area contributed by atoms with Gasteiger partial charge in [-0.15, -0.1) is 0 Å². The van der Waals surface area contributed by atoms with Crippen molar-refractivity contribution in [3.05, 3.63) is 84.1 Å². The van der Waals surface area contributed by atoms with Gasteiger partial charge in [0.25, 0.3) is 17.6 Å². The molecule has 0 unspecified atom stereocenters. The lowest BCUT2D eigenvalue weighted by Crippen LogP contribution is -2.52. The summed E-state index contributed by atoms with van der Waals surface area (Å²) < 4.78 is 15.0. The van der Waals surface area contributed by atoms with E-state index in [1.165, 1.54) is 17.2 Å². The minimum absolute atomic E-state index is 0.0346. The van der Waals surface area contributed by atoms with Crippen LogP contribution in [0.25, 0.3) is 33.3 Å². The molecule has 3 aromatic heterocycles. The van der Waals surface area contributed by atoms with Gasteiger partial charge in [-0.05, 0) is 30.3 Å². The molecule has 1 saturated heterocycles. The normalized spacial score (nSPS) is 13.9. The number of amides is 2. The Morgan fingerprint density at radius 2 is 1.68 bits per heavy atom. The minimum atomic E-state index is -0.807. The van der Waals surface area contributed by atoms with Crippen molar-refractivity contribution >= 4 is 39.5 Å². The molecule has 1 aliphatic heterocycles. The maximum absolute atomic E-state index is 15.0. The number of pyridine rings is 1. The molecule has 5 aromatic rings. The molecule has 0 radical (unpaired) electrons. The third kappa shape index (κ3) is 3.92. The van der Waals surface area contributed by atoms with Gasteiger partial charge in [0.05, 0.1) is 28.3 Å². The highest BCUT2D eigenvalue weighted by Gasteiger charge is 2.31. The average molecular weight is 497 g/mol. The Labute approximate surface area is 209 Å². The first-order valence-electron chi connectivity index (χ1n) is 11.8. The van der Waals surface area contributed by atoms with E-state index >= 15 is 0 Å². The van der Waals surface area contributed by atoms with Gasteiger partial charge >= 0.3 is 0 Å². The number of hydrogen-bond acceptors (Lipinski definition) is 5. The smallest absolute Gasteiger partial charge is 0.295 e. The number of carbonyl (C=O) groups excluding carboxylic acids is 3. The van der Waals surface area contributed by atoms with Gasteiger partial charge in [-0.25, -0.2) is 9.37 Å². The SMILES string of the molecule is O=C(C(=O)N1CCN(C(=O)c2ccccc2)CC1)c1c[nH]c2c(-c3nc4ccncc4[nH]3)ccc(F)c12. The summed E-state index contributed by atoms with van der Waals surface area (Å²) in [5.74, 6) is -1.79. The van der Waals surface area contributed by atoms with E-state index in [1.807, 2.05) is 6.07 Å². The molecule has 1 fully saturated rings. The maximum Gasteiger partial charge on any atom is 0.295 e. The van der Waals surface area contributed by atoms with Crippen molar-refractivity contribution in [2.75, 3.05) is 26.2 Å². The number of imidazole rings is 1. The number of piperazine rings is 1. The summed E-state index contributed by atoms with van der Waals surface area (Å²) in [6.45, 7) is 1.04. The molecule has 2 aromatic carbocycles. The molecule has 0 saturated carbocycles. The molecule has 0 bridgehead atoms. The molecule has 10 heteroatoms. The second-order valence-corrected chi connectivity index (χ2v) is 8.81. The monoisotopic (exact) mass is 496 g/mol. The lowest BCUT2D eigenvalue weighted by atomic mass is 10.0. The van der Waals surface area contributed by atoms with Gasteiger partial charge in [0, 0.05) is 55.1 Å². The van der Waals surface area contributed by atoms with Crippen molar-refractivity contribution in [2.24, 2.45) is 0 Å². The van der Waals surface area contributed by atoms with Crippen LogP contribution in [0.4, 0.5) is 4.39 Å². The molecule has 2 N–H and O–H groups in total. The maximum atomic E-state index is 15.0. The number of nitrogens with zero attached hydrogens (tertiary/aromatic N) is 4. The van der Waals surface area contributed by atoms with Crippen LogP contribution in [-0.2, 0) is 4.79 Å². The number of aromatic amines is 2.